The van der Waals surface area contributed by atoms with Gasteiger partial charge in [0.05, 0.1) is 6.54 Å². The van der Waals surface area contributed by atoms with E-state index in [0.29, 0.717) is 0 Å². The fourth-order valence-electron chi connectivity index (χ4n) is 3.08. The van der Waals surface area contributed by atoms with Gasteiger partial charge >= 0.3 is 0 Å². The highest BCUT2D eigenvalue weighted by Crippen LogP contribution is 2.33. The van der Waals surface area contributed by atoms with Gasteiger partial charge in [0.1, 0.15) is 0 Å². The van der Waals surface area contributed by atoms with Crippen LogP contribution in [-0.4, -0.2) is 36.6 Å². The number of rotatable bonds is 2. The van der Waals surface area contributed by atoms with Crippen molar-refractivity contribution in [2.24, 2.45) is 0 Å². The molecule has 0 aliphatic carbocycles. The number of nitrogens with zero attached hydrogens (tertiary/aromatic N) is 1. The largest absolute Gasteiger partial charge is 0.317 e. The number of fused-ring (bicyclic) bond motifs is 2. The summed E-state index contributed by atoms with van der Waals surface area (Å²) >= 11 is 0. The number of hydrogen-bond acceptors (Lipinski definition) is 2. The Hall–Kier alpha value is -0.520. The first-order chi connectivity index (χ1) is 6.85. The van der Waals surface area contributed by atoms with E-state index in [1.807, 2.05) is 0 Å². The smallest absolute Gasteiger partial charge is 0.0603 e. The van der Waals surface area contributed by atoms with Crippen LogP contribution < -0.4 is 5.32 Å². The van der Waals surface area contributed by atoms with Gasteiger partial charge in [-0.05, 0) is 32.7 Å². The SMILES string of the molecule is C#CCN1C2CCCC1CC(NC)C2. The minimum atomic E-state index is 0.722. The molecule has 2 aliphatic rings. The molecule has 2 rings (SSSR count). The van der Waals surface area contributed by atoms with Crippen molar-refractivity contribution in [2.45, 2.75) is 50.2 Å². The molecule has 0 saturated carbocycles. The normalized spacial score (nSPS) is 37.9. The van der Waals surface area contributed by atoms with Crippen LogP contribution in [0.25, 0.3) is 0 Å². The van der Waals surface area contributed by atoms with Crippen LogP contribution in [0.2, 0.25) is 0 Å². The lowest BCUT2D eigenvalue weighted by atomic mass is 9.82. The summed E-state index contributed by atoms with van der Waals surface area (Å²) in [7, 11) is 2.08. The zero-order chi connectivity index (χ0) is 9.97. The third-order valence-corrected chi connectivity index (χ3v) is 3.81. The van der Waals surface area contributed by atoms with Crippen LogP contribution in [-0.2, 0) is 0 Å². The van der Waals surface area contributed by atoms with Crippen LogP contribution in [0.4, 0.5) is 0 Å². The van der Waals surface area contributed by atoms with Crippen LogP contribution >= 0.6 is 0 Å². The highest BCUT2D eigenvalue weighted by Gasteiger charge is 2.36. The Labute approximate surface area is 87.1 Å². The van der Waals surface area contributed by atoms with E-state index < -0.39 is 0 Å². The third kappa shape index (κ3) is 1.80. The third-order valence-electron chi connectivity index (χ3n) is 3.81. The zero-order valence-electron chi connectivity index (χ0n) is 9.00. The minimum Gasteiger partial charge on any atom is -0.317 e. The van der Waals surface area contributed by atoms with Gasteiger partial charge in [-0.2, -0.15) is 0 Å². The van der Waals surface area contributed by atoms with Crippen LogP contribution in [0, 0.1) is 12.3 Å². The van der Waals surface area contributed by atoms with Crippen LogP contribution in [0.1, 0.15) is 32.1 Å². The Morgan fingerprint density at radius 1 is 1.36 bits per heavy atom. The van der Waals surface area contributed by atoms with Crippen molar-refractivity contribution in [3.63, 3.8) is 0 Å². The molecule has 78 valence electrons. The maximum absolute atomic E-state index is 5.42. The van der Waals surface area contributed by atoms with E-state index in [1.54, 1.807) is 0 Å². The summed E-state index contributed by atoms with van der Waals surface area (Å²) in [5, 5.41) is 3.42. The molecule has 2 heterocycles. The second-order valence-corrected chi connectivity index (χ2v) is 4.57. The van der Waals surface area contributed by atoms with E-state index in [1.165, 1.54) is 32.1 Å². The number of nitrogens with one attached hydrogen (secondary N) is 1. The lowest BCUT2D eigenvalue weighted by molar-refractivity contribution is 0.0383. The molecule has 0 amide bonds. The van der Waals surface area contributed by atoms with Crippen LogP contribution in [0.5, 0.6) is 0 Å². The van der Waals surface area contributed by atoms with Crippen molar-refractivity contribution >= 4 is 0 Å². The van der Waals surface area contributed by atoms with Crippen LogP contribution in [0.15, 0.2) is 0 Å². The first-order valence-electron chi connectivity index (χ1n) is 5.71. The molecule has 14 heavy (non-hydrogen) atoms. The van der Waals surface area contributed by atoms with Crippen LogP contribution in [0.3, 0.4) is 0 Å². The van der Waals surface area contributed by atoms with Crippen molar-refractivity contribution in [3.8, 4) is 12.3 Å². The van der Waals surface area contributed by atoms with Gasteiger partial charge in [-0.25, -0.2) is 0 Å². The molecule has 0 aromatic carbocycles. The predicted octanol–water partition coefficient (Wildman–Crippen LogP) is 1.22. The highest BCUT2D eigenvalue weighted by molar-refractivity contribution is 5.00. The Morgan fingerprint density at radius 3 is 2.50 bits per heavy atom. The standard InChI is InChI=1S/C12H20N2/c1-3-7-14-11-5-4-6-12(14)9-10(8-11)13-2/h1,10-13H,4-9H2,2H3. The molecule has 2 unspecified atom stereocenters. The summed E-state index contributed by atoms with van der Waals surface area (Å²) in [6.07, 6.45) is 12.1. The monoisotopic (exact) mass is 192 g/mol. The maximum Gasteiger partial charge on any atom is 0.0603 e. The molecule has 2 aliphatic heterocycles. The van der Waals surface area contributed by atoms with Crippen molar-refractivity contribution in [1.82, 2.24) is 10.2 Å². The molecule has 2 heteroatoms. The van der Waals surface area contributed by atoms with Crippen molar-refractivity contribution in [2.75, 3.05) is 13.6 Å². The summed E-state index contributed by atoms with van der Waals surface area (Å²) < 4.78 is 0. The molecular formula is C12H20N2. The van der Waals surface area contributed by atoms with E-state index >= 15 is 0 Å². The first-order valence-corrected chi connectivity index (χ1v) is 5.71. The van der Waals surface area contributed by atoms with Crippen molar-refractivity contribution in [1.29, 1.82) is 0 Å². The van der Waals surface area contributed by atoms with Gasteiger partial charge in [-0.1, -0.05) is 12.3 Å². The summed E-state index contributed by atoms with van der Waals surface area (Å²) in [6, 6.07) is 2.21. The maximum atomic E-state index is 5.42. The summed E-state index contributed by atoms with van der Waals surface area (Å²) in [4.78, 5) is 2.55. The first kappa shape index (κ1) is 10.0. The van der Waals surface area contributed by atoms with E-state index in [2.05, 4.69) is 23.2 Å². The molecule has 2 fully saturated rings. The van der Waals surface area contributed by atoms with Crippen molar-refractivity contribution < 1.29 is 0 Å². The number of piperidine rings is 2. The van der Waals surface area contributed by atoms with E-state index in [9.17, 15) is 0 Å². The molecule has 2 nitrogen and oxygen atoms in total. The highest BCUT2D eigenvalue weighted by atomic mass is 15.2. The Morgan fingerprint density at radius 2 is 2.00 bits per heavy atom. The molecule has 0 aromatic rings. The van der Waals surface area contributed by atoms with Crippen molar-refractivity contribution in [3.05, 3.63) is 0 Å². The fraction of sp³-hybridized carbons (Fsp3) is 0.833. The van der Waals surface area contributed by atoms with Gasteiger partial charge in [0.2, 0.25) is 0 Å². The second-order valence-electron chi connectivity index (χ2n) is 4.57. The molecule has 1 N–H and O–H groups in total. The van der Waals surface area contributed by atoms with Gasteiger partial charge in [-0.3, -0.25) is 4.90 Å². The molecule has 2 atom stereocenters. The van der Waals surface area contributed by atoms with E-state index in [4.69, 9.17) is 6.42 Å². The fourth-order valence-corrected chi connectivity index (χ4v) is 3.08. The second kappa shape index (κ2) is 4.33. The molecule has 0 aromatic heterocycles. The number of hydrogen-bond donors (Lipinski definition) is 1. The quantitative estimate of drug-likeness (QED) is 0.662. The Balaban J connectivity index is 2.04. The minimum absolute atomic E-state index is 0.722. The summed E-state index contributed by atoms with van der Waals surface area (Å²) in [6.45, 7) is 0.853. The number of terminal acetylenes is 1. The van der Waals surface area contributed by atoms with Gasteiger partial charge in [0, 0.05) is 18.1 Å². The van der Waals surface area contributed by atoms with E-state index in [0.717, 1.165) is 24.7 Å². The average molecular weight is 192 g/mol. The molecule has 0 radical (unpaired) electrons. The zero-order valence-corrected chi connectivity index (χ0v) is 9.00. The Kier molecular flexibility index (Phi) is 3.10. The van der Waals surface area contributed by atoms with E-state index in [-0.39, 0.29) is 0 Å². The molecular weight excluding hydrogens is 172 g/mol. The lowest BCUT2D eigenvalue weighted by Gasteiger charge is -2.48. The lowest BCUT2D eigenvalue weighted by Crippen LogP contribution is -2.55. The molecule has 2 bridgehead atoms. The predicted molar refractivity (Wildman–Crippen MR) is 59.0 cm³/mol. The van der Waals surface area contributed by atoms with Gasteiger partial charge in [-0.15, -0.1) is 6.42 Å². The topological polar surface area (TPSA) is 15.3 Å². The van der Waals surface area contributed by atoms with Gasteiger partial charge in [0.25, 0.3) is 0 Å². The summed E-state index contributed by atoms with van der Waals surface area (Å²) in [5.41, 5.74) is 0. The summed E-state index contributed by atoms with van der Waals surface area (Å²) in [5.74, 6) is 2.80. The molecule has 2 saturated heterocycles. The van der Waals surface area contributed by atoms with Gasteiger partial charge < -0.3 is 5.32 Å². The average Bonchev–Trinajstić information content (AvgIpc) is 2.17. The Bertz CT molecular complexity index is 217. The van der Waals surface area contributed by atoms with Gasteiger partial charge in [0.15, 0.2) is 0 Å². The molecule has 0 spiro atoms.